The summed E-state index contributed by atoms with van der Waals surface area (Å²) in [7, 11) is 0. The molecule has 7 heteroatoms. The lowest BCUT2D eigenvalue weighted by molar-refractivity contribution is -0.0921. The number of hydrogen-bond donors (Lipinski definition) is 1. The first-order valence-corrected chi connectivity index (χ1v) is 5.03. The zero-order valence-electron chi connectivity index (χ0n) is 9.41. The lowest BCUT2D eigenvalue weighted by Crippen LogP contribution is -2.58. The van der Waals surface area contributed by atoms with E-state index < -0.39 is 17.4 Å². The van der Waals surface area contributed by atoms with Crippen LogP contribution in [-0.4, -0.2) is 37.4 Å². The molecule has 7 nitrogen and oxygen atoms in total. The summed E-state index contributed by atoms with van der Waals surface area (Å²) >= 11 is 0. The van der Waals surface area contributed by atoms with Crippen molar-refractivity contribution >= 4 is 6.09 Å². The third-order valence-corrected chi connectivity index (χ3v) is 3.21. The van der Waals surface area contributed by atoms with Crippen LogP contribution in [0.3, 0.4) is 0 Å². The second-order valence-corrected chi connectivity index (χ2v) is 4.13. The normalized spacial score (nSPS) is 34.2. The molecule has 0 aromatic carbocycles. The average molecular weight is 226 g/mol. The number of amides is 1. The van der Waals surface area contributed by atoms with Gasteiger partial charge in [0.1, 0.15) is 12.7 Å². The van der Waals surface area contributed by atoms with Crippen LogP contribution in [-0.2, 0) is 4.74 Å². The van der Waals surface area contributed by atoms with Crippen molar-refractivity contribution in [1.29, 1.82) is 0 Å². The second kappa shape index (κ2) is 3.18. The van der Waals surface area contributed by atoms with Gasteiger partial charge in [-0.05, 0) is 20.3 Å². The lowest BCUT2D eigenvalue weighted by Gasteiger charge is -2.36. The molecule has 1 aromatic rings. The summed E-state index contributed by atoms with van der Waals surface area (Å²) in [6.45, 7) is 5.06. The standard InChI is InChI=1S/C9H14N4O3/c1-4-8(2)9(3,15)13(7(14)16-8)12-5-10-11-6-12/h5-6,15H,4H2,1-3H3/t8-,9+/m1/s1. The quantitative estimate of drug-likeness (QED) is 0.781. The SMILES string of the molecule is CC[C@@]1(C)OC(=O)N(n2cnnc2)[C@@]1(C)O. The summed E-state index contributed by atoms with van der Waals surface area (Å²) < 4.78 is 6.52. The topological polar surface area (TPSA) is 80.5 Å². The highest BCUT2D eigenvalue weighted by Crippen LogP contribution is 2.38. The number of carbonyl (C=O) groups excluding carboxylic acids is 1. The average Bonchev–Trinajstić information content (AvgIpc) is 2.74. The molecule has 0 aliphatic carbocycles. The molecule has 2 atom stereocenters. The molecule has 1 aliphatic rings. The van der Waals surface area contributed by atoms with Gasteiger partial charge in [-0.15, -0.1) is 10.2 Å². The van der Waals surface area contributed by atoms with Crippen molar-refractivity contribution in [3.8, 4) is 0 Å². The summed E-state index contributed by atoms with van der Waals surface area (Å²) in [6, 6.07) is 0. The summed E-state index contributed by atoms with van der Waals surface area (Å²) in [5.74, 6) is 0. The summed E-state index contributed by atoms with van der Waals surface area (Å²) in [4.78, 5) is 11.7. The van der Waals surface area contributed by atoms with E-state index in [4.69, 9.17) is 4.74 Å². The van der Waals surface area contributed by atoms with Crippen LogP contribution in [0, 0.1) is 0 Å². The molecule has 1 aliphatic heterocycles. The van der Waals surface area contributed by atoms with Gasteiger partial charge in [0.25, 0.3) is 0 Å². The number of hydrogen-bond acceptors (Lipinski definition) is 5. The maximum atomic E-state index is 11.7. The van der Waals surface area contributed by atoms with Gasteiger partial charge in [0.2, 0.25) is 5.72 Å². The van der Waals surface area contributed by atoms with Gasteiger partial charge in [0.05, 0.1) is 0 Å². The maximum absolute atomic E-state index is 11.7. The lowest BCUT2D eigenvalue weighted by atomic mass is 9.91. The van der Waals surface area contributed by atoms with Crippen LogP contribution in [0.15, 0.2) is 12.7 Å². The molecule has 2 heterocycles. The van der Waals surface area contributed by atoms with Crippen molar-refractivity contribution in [3.05, 3.63) is 12.7 Å². The third-order valence-electron chi connectivity index (χ3n) is 3.21. The zero-order valence-corrected chi connectivity index (χ0v) is 9.41. The monoisotopic (exact) mass is 226 g/mol. The Morgan fingerprint density at radius 2 is 2.00 bits per heavy atom. The van der Waals surface area contributed by atoms with Crippen LogP contribution < -0.4 is 5.01 Å². The number of aliphatic hydroxyl groups is 1. The molecule has 1 aromatic heterocycles. The molecule has 1 amide bonds. The zero-order chi connectivity index (χ0) is 12.0. The highest BCUT2D eigenvalue weighted by Gasteiger charge is 2.59. The molecule has 1 N–H and O–H groups in total. The Morgan fingerprint density at radius 1 is 1.44 bits per heavy atom. The van der Waals surface area contributed by atoms with Gasteiger partial charge in [-0.25, -0.2) is 9.47 Å². The fourth-order valence-corrected chi connectivity index (χ4v) is 1.76. The minimum atomic E-state index is -1.44. The van der Waals surface area contributed by atoms with Crippen molar-refractivity contribution in [2.75, 3.05) is 5.01 Å². The Kier molecular flexibility index (Phi) is 2.16. The van der Waals surface area contributed by atoms with Crippen molar-refractivity contribution in [3.63, 3.8) is 0 Å². The number of aromatic nitrogens is 3. The minimum Gasteiger partial charge on any atom is -0.437 e. The summed E-state index contributed by atoms with van der Waals surface area (Å²) in [5, 5.41) is 18.7. The third kappa shape index (κ3) is 1.21. The summed E-state index contributed by atoms with van der Waals surface area (Å²) in [5.41, 5.74) is -2.39. The molecule has 0 unspecified atom stereocenters. The van der Waals surface area contributed by atoms with Gasteiger partial charge < -0.3 is 9.84 Å². The maximum Gasteiger partial charge on any atom is 0.432 e. The largest absolute Gasteiger partial charge is 0.437 e. The molecule has 16 heavy (non-hydrogen) atoms. The van der Waals surface area contributed by atoms with E-state index in [9.17, 15) is 9.90 Å². The Hall–Kier alpha value is -1.63. The molecular weight excluding hydrogens is 212 g/mol. The van der Waals surface area contributed by atoms with E-state index in [1.807, 2.05) is 6.92 Å². The minimum absolute atomic E-state index is 0.504. The Bertz CT molecular complexity index is 403. The predicted octanol–water partition coefficient (Wildman–Crippen LogP) is 0.244. The molecule has 1 saturated heterocycles. The van der Waals surface area contributed by atoms with E-state index in [2.05, 4.69) is 10.2 Å². The van der Waals surface area contributed by atoms with Gasteiger partial charge in [-0.2, -0.15) is 5.01 Å². The predicted molar refractivity (Wildman–Crippen MR) is 54.0 cm³/mol. The second-order valence-electron chi connectivity index (χ2n) is 4.13. The number of nitrogens with zero attached hydrogens (tertiary/aromatic N) is 4. The van der Waals surface area contributed by atoms with Gasteiger partial charge in [0, 0.05) is 0 Å². The van der Waals surface area contributed by atoms with E-state index in [1.165, 1.54) is 24.3 Å². The van der Waals surface area contributed by atoms with Gasteiger partial charge in [-0.1, -0.05) is 6.92 Å². The fourth-order valence-electron chi connectivity index (χ4n) is 1.76. The summed E-state index contributed by atoms with van der Waals surface area (Å²) in [6.07, 6.45) is 2.55. The van der Waals surface area contributed by atoms with Crippen molar-refractivity contribution in [2.45, 2.75) is 38.5 Å². The van der Waals surface area contributed by atoms with Crippen molar-refractivity contribution in [1.82, 2.24) is 14.9 Å². The number of ether oxygens (including phenoxy) is 1. The smallest absolute Gasteiger partial charge is 0.432 e. The first-order chi connectivity index (χ1) is 7.42. The number of carbonyl (C=O) groups is 1. The van der Waals surface area contributed by atoms with E-state index in [0.717, 1.165) is 5.01 Å². The Labute approximate surface area is 92.6 Å². The molecular formula is C9H14N4O3. The first-order valence-electron chi connectivity index (χ1n) is 5.03. The Balaban J connectivity index is 2.45. The van der Waals surface area contributed by atoms with E-state index in [1.54, 1.807) is 6.92 Å². The molecule has 0 saturated carbocycles. The molecule has 88 valence electrons. The van der Waals surface area contributed by atoms with Crippen LogP contribution in [0.25, 0.3) is 0 Å². The molecule has 0 radical (unpaired) electrons. The van der Waals surface area contributed by atoms with Crippen LogP contribution in [0.5, 0.6) is 0 Å². The first kappa shape index (κ1) is 10.9. The fraction of sp³-hybridized carbons (Fsp3) is 0.667. The van der Waals surface area contributed by atoms with Crippen molar-refractivity contribution in [2.24, 2.45) is 0 Å². The van der Waals surface area contributed by atoms with Crippen LogP contribution in [0.1, 0.15) is 27.2 Å². The van der Waals surface area contributed by atoms with E-state index in [-0.39, 0.29) is 0 Å². The van der Waals surface area contributed by atoms with E-state index >= 15 is 0 Å². The molecule has 1 fully saturated rings. The van der Waals surface area contributed by atoms with Crippen LogP contribution in [0.4, 0.5) is 4.79 Å². The van der Waals surface area contributed by atoms with Crippen molar-refractivity contribution < 1.29 is 14.6 Å². The number of cyclic esters (lactones) is 1. The van der Waals surface area contributed by atoms with Gasteiger partial charge in [0.15, 0.2) is 5.60 Å². The van der Waals surface area contributed by atoms with E-state index in [0.29, 0.717) is 6.42 Å². The number of rotatable bonds is 2. The molecule has 2 rings (SSSR count). The van der Waals surface area contributed by atoms with Gasteiger partial charge in [-0.3, -0.25) is 0 Å². The van der Waals surface area contributed by atoms with Crippen LogP contribution in [0.2, 0.25) is 0 Å². The highest BCUT2D eigenvalue weighted by molar-refractivity contribution is 5.83. The van der Waals surface area contributed by atoms with Gasteiger partial charge >= 0.3 is 6.09 Å². The highest BCUT2D eigenvalue weighted by atomic mass is 16.6. The molecule has 0 spiro atoms. The molecule has 0 bridgehead atoms. The van der Waals surface area contributed by atoms with Crippen LogP contribution >= 0.6 is 0 Å². The Morgan fingerprint density at radius 3 is 2.44 bits per heavy atom.